The number of hydrogen-bond donors (Lipinski definition) is 2. The van der Waals surface area contributed by atoms with Crippen LogP contribution in [-0.4, -0.2) is 73.6 Å². The topological polar surface area (TPSA) is 91.0 Å². The van der Waals surface area contributed by atoms with Crippen molar-refractivity contribution in [3.8, 4) is 0 Å². The summed E-state index contributed by atoms with van der Waals surface area (Å²) in [5.74, 6) is -0.880. The normalized spacial score (nSPS) is 21.6. The molecule has 25 heavy (non-hydrogen) atoms. The molecular weight excluding hydrogens is 324 g/mol. The van der Waals surface area contributed by atoms with E-state index in [1.165, 1.54) is 7.11 Å². The minimum Gasteiger partial charge on any atom is -0.468 e. The highest BCUT2D eigenvalue weighted by molar-refractivity contribution is 5.97. The molecule has 2 bridgehead atoms. The number of anilines is 1. The third-order valence-corrected chi connectivity index (χ3v) is 4.63. The van der Waals surface area contributed by atoms with Gasteiger partial charge in [-0.3, -0.25) is 14.5 Å². The monoisotopic (exact) mass is 346 g/mol. The van der Waals surface area contributed by atoms with E-state index in [0.29, 0.717) is 11.3 Å². The molecule has 0 spiro atoms. The predicted molar refractivity (Wildman–Crippen MR) is 91.4 cm³/mol. The summed E-state index contributed by atoms with van der Waals surface area (Å²) in [5, 5.41) is 5.35. The quantitative estimate of drug-likeness (QED) is 0.775. The van der Waals surface area contributed by atoms with E-state index in [4.69, 9.17) is 0 Å². The van der Waals surface area contributed by atoms with Crippen LogP contribution in [0, 0.1) is 0 Å². The number of urea groups is 1. The van der Waals surface area contributed by atoms with Crippen LogP contribution >= 0.6 is 0 Å². The second-order valence-electron chi connectivity index (χ2n) is 6.20. The lowest BCUT2D eigenvalue weighted by Gasteiger charge is -2.34. The molecule has 0 radical (unpaired) electrons. The van der Waals surface area contributed by atoms with Crippen LogP contribution in [0.5, 0.6) is 0 Å². The highest BCUT2D eigenvalue weighted by Gasteiger charge is 2.35. The Bertz CT molecular complexity index is 661. The summed E-state index contributed by atoms with van der Waals surface area (Å²) in [5.41, 5.74) is 1.04. The molecule has 3 rings (SSSR count). The Hall–Kier alpha value is -2.61. The van der Waals surface area contributed by atoms with Crippen LogP contribution in [0.2, 0.25) is 0 Å². The van der Waals surface area contributed by atoms with Crippen molar-refractivity contribution >= 4 is 23.6 Å². The van der Waals surface area contributed by atoms with Gasteiger partial charge < -0.3 is 20.3 Å². The van der Waals surface area contributed by atoms with Crippen molar-refractivity contribution in [3.05, 3.63) is 29.8 Å². The molecule has 2 aliphatic rings. The molecule has 2 aliphatic heterocycles. The third kappa shape index (κ3) is 4.08. The molecule has 8 nitrogen and oxygen atoms in total. The van der Waals surface area contributed by atoms with Gasteiger partial charge in [-0.1, -0.05) is 0 Å². The maximum Gasteiger partial charge on any atom is 0.325 e. The van der Waals surface area contributed by atoms with Gasteiger partial charge in [-0.25, -0.2) is 4.79 Å². The fraction of sp³-hybridized carbons (Fsp3) is 0.471. The Morgan fingerprint density at radius 3 is 2.64 bits per heavy atom. The van der Waals surface area contributed by atoms with Crippen LogP contribution in [-0.2, 0) is 9.53 Å². The number of nitrogens with zero attached hydrogens (tertiary/aromatic N) is 2. The summed E-state index contributed by atoms with van der Waals surface area (Å²) in [7, 11) is 1.26. The summed E-state index contributed by atoms with van der Waals surface area (Å²) in [4.78, 5) is 39.7. The van der Waals surface area contributed by atoms with Crippen molar-refractivity contribution in [1.29, 1.82) is 0 Å². The number of carbonyl (C=O) groups is 3. The highest BCUT2D eigenvalue weighted by Crippen LogP contribution is 2.21. The van der Waals surface area contributed by atoms with E-state index < -0.39 is 5.97 Å². The molecule has 2 N–H and O–H groups in total. The number of hydrogen-bond acceptors (Lipinski definition) is 5. The number of amides is 3. The van der Waals surface area contributed by atoms with E-state index in [1.54, 1.807) is 24.3 Å². The lowest BCUT2D eigenvalue weighted by Crippen LogP contribution is -2.51. The van der Waals surface area contributed by atoms with Gasteiger partial charge in [-0.15, -0.1) is 0 Å². The number of piperazine rings is 1. The molecule has 2 unspecified atom stereocenters. The van der Waals surface area contributed by atoms with Crippen molar-refractivity contribution in [1.82, 2.24) is 15.1 Å². The first-order chi connectivity index (χ1) is 12.1. The van der Waals surface area contributed by atoms with Gasteiger partial charge in [-0.2, -0.15) is 0 Å². The van der Waals surface area contributed by atoms with Crippen LogP contribution in [0.25, 0.3) is 0 Å². The number of nitrogens with one attached hydrogen (secondary N) is 2. The highest BCUT2D eigenvalue weighted by atomic mass is 16.5. The Morgan fingerprint density at radius 1 is 1.16 bits per heavy atom. The molecule has 2 fully saturated rings. The van der Waals surface area contributed by atoms with E-state index in [0.717, 1.165) is 32.6 Å². The van der Waals surface area contributed by atoms with Gasteiger partial charge in [-0.05, 0) is 30.7 Å². The second kappa shape index (κ2) is 7.52. The lowest BCUT2D eigenvalue weighted by atomic mass is 10.2. The van der Waals surface area contributed by atoms with Gasteiger partial charge in [0.15, 0.2) is 0 Å². The van der Waals surface area contributed by atoms with Crippen LogP contribution in [0.3, 0.4) is 0 Å². The number of fused-ring (bicyclic) bond motifs is 2. The molecule has 1 aromatic carbocycles. The Kier molecular flexibility index (Phi) is 5.18. The molecule has 8 heteroatoms. The first-order valence-electron chi connectivity index (χ1n) is 8.32. The number of ether oxygens (including phenoxy) is 1. The fourth-order valence-corrected chi connectivity index (χ4v) is 3.20. The van der Waals surface area contributed by atoms with Crippen molar-refractivity contribution in [3.63, 3.8) is 0 Å². The van der Waals surface area contributed by atoms with Gasteiger partial charge in [0.05, 0.1) is 7.11 Å². The van der Waals surface area contributed by atoms with E-state index >= 15 is 0 Å². The minimum atomic E-state index is -0.510. The molecular formula is C17H22N4O4. The fourth-order valence-electron chi connectivity index (χ4n) is 3.20. The van der Waals surface area contributed by atoms with Crippen molar-refractivity contribution in [2.45, 2.75) is 12.5 Å². The number of carbonyl (C=O) groups excluding carboxylic acids is 3. The molecule has 2 saturated heterocycles. The largest absolute Gasteiger partial charge is 0.468 e. The van der Waals surface area contributed by atoms with Crippen LogP contribution in [0.4, 0.5) is 10.5 Å². The Labute approximate surface area is 146 Å². The first kappa shape index (κ1) is 17.2. The minimum absolute atomic E-state index is 0.102. The molecule has 1 aromatic rings. The standard InChI is InChI=1S/C17H22N4O4/c1-25-15(22)10-18-16(23)12-2-4-13(5-3-12)19-17(24)21-9-8-20-7-6-14(21)11-20/h2-5,14H,6-11H2,1H3,(H,18,23)(H,19,24). The third-order valence-electron chi connectivity index (χ3n) is 4.63. The zero-order valence-electron chi connectivity index (χ0n) is 14.2. The predicted octanol–water partition coefficient (Wildman–Crippen LogP) is 0.511. The molecule has 3 amide bonds. The van der Waals surface area contributed by atoms with Crippen molar-refractivity contribution in [2.24, 2.45) is 0 Å². The van der Waals surface area contributed by atoms with Gasteiger partial charge >= 0.3 is 12.0 Å². The maximum absolute atomic E-state index is 12.5. The molecule has 0 aliphatic carbocycles. The smallest absolute Gasteiger partial charge is 0.325 e. The lowest BCUT2D eigenvalue weighted by molar-refractivity contribution is -0.139. The van der Waals surface area contributed by atoms with Crippen molar-refractivity contribution < 1.29 is 19.1 Å². The average molecular weight is 346 g/mol. The number of rotatable bonds is 4. The van der Waals surface area contributed by atoms with Crippen molar-refractivity contribution in [2.75, 3.05) is 45.2 Å². The van der Waals surface area contributed by atoms with Crippen LogP contribution in [0.1, 0.15) is 16.8 Å². The van der Waals surface area contributed by atoms with E-state index in [1.807, 2.05) is 4.90 Å². The average Bonchev–Trinajstić information content (AvgIpc) is 3.00. The molecule has 0 aromatic heterocycles. The van der Waals surface area contributed by atoms with E-state index in [-0.39, 0.29) is 24.5 Å². The number of benzene rings is 1. The molecule has 134 valence electrons. The zero-order valence-corrected chi connectivity index (χ0v) is 14.2. The molecule has 2 heterocycles. The van der Waals surface area contributed by atoms with Gasteiger partial charge in [0, 0.05) is 43.5 Å². The number of methoxy groups -OCH3 is 1. The first-order valence-corrected chi connectivity index (χ1v) is 8.32. The van der Waals surface area contributed by atoms with Crippen LogP contribution < -0.4 is 10.6 Å². The van der Waals surface area contributed by atoms with Crippen LogP contribution in [0.15, 0.2) is 24.3 Å². The maximum atomic E-state index is 12.5. The van der Waals surface area contributed by atoms with Gasteiger partial charge in [0.25, 0.3) is 5.91 Å². The summed E-state index contributed by atoms with van der Waals surface area (Å²) >= 11 is 0. The van der Waals surface area contributed by atoms with Gasteiger partial charge in [0.2, 0.25) is 0 Å². The van der Waals surface area contributed by atoms with Gasteiger partial charge in [0.1, 0.15) is 6.54 Å². The summed E-state index contributed by atoms with van der Waals surface area (Å²) in [6, 6.07) is 6.75. The zero-order chi connectivity index (χ0) is 17.8. The van der Waals surface area contributed by atoms with E-state index in [9.17, 15) is 14.4 Å². The summed E-state index contributed by atoms with van der Waals surface area (Å²) < 4.78 is 4.47. The summed E-state index contributed by atoms with van der Waals surface area (Å²) in [6.07, 6.45) is 1.02. The molecule has 2 atom stereocenters. The Balaban J connectivity index is 1.54. The van der Waals surface area contributed by atoms with E-state index in [2.05, 4.69) is 20.3 Å². The molecule has 0 saturated carbocycles. The summed E-state index contributed by atoms with van der Waals surface area (Å²) in [6.45, 7) is 3.49. The second-order valence-corrected chi connectivity index (χ2v) is 6.20. The number of esters is 1. The SMILES string of the molecule is COC(=O)CNC(=O)c1ccc(NC(=O)N2CCN3CCC2C3)cc1. The Morgan fingerprint density at radius 2 is 1.92 bits per heavy atom.